The zero-order chi connectivity index (χ0) is 16.1. The fourth-order valence-corrected chi connectivity index (χ4v) is 2.75. The second kappa shape index (κ2) is 7.13. The van der Waals surface area contributed by atoms with E-state index in [0.29, 0.717) is 6.04 Å². The summed E-state index contributed by atoms with van der Waals surface area (Å²) in [5, 5.41) is 8.84. The van der Waals surface area contributed by atoms with Gasteiger partial charge >= 0.3 is 7.12 Å². The first-order valence-electron chi connectivity index (χ1n) is 8.08. The fourth-order valence-electron chi connectivity index (χ4n) is 2.75. The quantitative estimate of drug-likeness (QED) is 0.495. The summed E-state index contributed by atoms with van der Waals surface area (Å²) in [7, 11) is -0.168. The van der Waals surface area contributed by atoms with E-state index in [1.165, 1.54) is 0 Å². The van der Waals surface area contributed by atoms with Gasteiger partial charge in [-0.3, -0.25) is 0 Å². The Balaban J connectivity index is 2.05. The lowest BCUT2D eigenvalue weighted by Crippen LogP contribution is -2.65. The molecule has 0 fully saturated rings. The molecule has 1 atom stereocenters. The predicted octanol–water partition coefficient (Wildman–Crippen LogP) is 2.02. The number of nitrogens with zero attached hydrogens (tertiary/aromatic N) is 6. The van der Waals surface area contributed by atoms with Crippen LogP contribution in [-0.4, -0.2) is 31.2 Å². The highest BCUT2D eigenvalue weighted by molar-refractivity contribution is 6.44. The van der Waals surface area contributed by atoms with Crippen LogP contribution in [0, 0.1) is 0 Å². The molecule has 0 radical (unpaired) electrons. The van der Waals surface area contributed by atoms with Crippen molar-refractivity contribution >= 4 is 7.12 Å². The van der Waals surface area contributed by atoms with Crippen LogP contribution in [0.25, 0.3) is 0 Å². The Bertz CT molecular complexity index is 694. The van der Waals surface area contributed by atoms with Crippen LogP contribution in [0.5, 0.6) is 0 Å². The number of allylic oxidation sites excluding steroid dienone is 2. The molecule has 0 saturated heterocycles. The van der Waals surface area contributed by atoms with E-state index in [1.807, 2.05) is 33.7 Å². The summed E-state index contributed by atoms with van der Waals surface area (Å²) in [6.07, 6.45) is 18.2. The highest BCUT2D eigenvalue weighted by Gasteiger charge is 2.42. The Hall–Kier alpha value is -2.57. The molecule has 0 bridgehead atoms. The Labute approximate surface area is 136 Å². The molecule has 0 aromatic carbocycles. The van der Waals surface area contributed by atoms with E-state index in [0.717, 1.165) is 12.8 Å². The van der Waals surface area contributed by atoms with Crippen LogP contribution in [0.3, 0.4) is 0 Å². The van der Waals surface area contributed by atoms with Gasteiger partial charge in [0.2, 0.25) is 0 Å². The van der Waals surface area contributed by atoms with E-state index in [1.54, 1.807) is 12.4 Å². The van der Waals surface area contributed by atoms with Gasteiger partial charge in [0.15, 0.2) is 6.20 Å². The van der Waals surface area contributed by atoms with Gasteiger partial charge in [0.1, 0.15) is 6.04 Å². The number of aromatic nitrogens is 6. The zero-order valence-electron chi connectivity index (χ0n) is 13.6. The highest BCUT2D eigenvalue weighted by Crippen LogP contribution is 2.11. The van der Waals surface area contributed by atoms with Crippen molar-refractivity contribution in [3.63, 3.8) is 0 Å². The molecule has 0 unspecified atom stereocenters. The zero-order valence-corrected chi connectivity index (χ0v) is 13.6. The van der Waals surface area contributed by atoms with Crippen molar-refractivity contribution in [1.29, 1.82) is 0 Å². The van der Waals surface area contributed by atoms with Crippen molar-refractivity contribution in [3.05, 3.63) is 67.5 Å². The number of rotatable bonds is 7. The third kappa shape index (κ3) is 3.13. The van der Waals surface area contributed by atoms with Gasteiger partial charge in [-0.25, -0.2) is 9.19 Å². The molecule has 3 rings (SSSR count). The predicted molar refractivity (Wildman–Crippen MR) is 89.8 cm³/mol. The SMILES string of the molecule is CCC=C[C@@H](CC)n1ccc[n+]1B(n1cccn1)n1cccn1. The average Bonchev–Trinajstić information content (AvgIpc) is 3.32. The van der Waals surface area contributed by atoms with E-state index >= 15 is 0 Å². The largest absolute Gasteiger partial charge is 0.818 e. The minimum absolute atomic E-state index is 0.168. The highest BCUT2D eigenvalue weighted by atomic mass is 15.5. The van der Waals surface area contributed by atoms with Crippen LogP contribution in [0.2, 0.25) is 0 Å². The van der Waals surface area contributed by atoms with Gasteiger partial charge in [-0.15, -0.1) is 4.59 Å². The molecule has 3 heterocycles. The van der Waals surface area contributed by atoms with Gasteiger partial charge in [-0.1, -0.05) is 26.0 Å². The minimum atomic E-state index is -0.168. The molecule has 3 aromatic heterocycles. The van der Waals surface area contributed by atoms with Crippen LogP contribution in [0.1, 0.15) is 32.7 Å². The van der Waals surface area contributed by atoms with Gasteiger partial charge < -0.3 is 0 Å². The molecular weight excluding hydrogens is 287 g/mol. The van der Waals surface area contributed by atoms with Gasteiger partial charge in [-0.05, 0) is 25.0 Å². The molecule has 0 aliphatic rings. The van der Waals surface area contributed by atoms with Crippen LogP contribution < -0.4 is 4.59 Å². The Morgan fingerprint density at radius 3 is 2.26 bits per heavy atom. The van der Waals surface area contributed by atoms with Crippen molar-refractivity contribution in [2.75, 3.05) is 0 Å². The fraction of sp³-hybridized carbons (Fsp3) is 0.312. The lowest BCUT2D eigenvalue weighted by Gasteiger charge is -2.14. The lowest BCUT2D eigenvalue weighted by molar-refractivity contribution is -0.640. The number of hydrogen-bond donors (Lipinski definition) is 0. The molecule has 6 nitrogen and oxygen atoms in total. The van der Waals surface area contributed by atoms with Crippen LogP contribution in [-0.2, 0) is 0 Å². The topological polar surface area (TPSA) is 44.5 Å². The Kier molecular flexibility index (Phi) is 4.75. The molecule has 118 valence electrons. The maximum Gasteiger partial charge on any atom is 0.818 e. The third-order valence-corrected chi connectivity index (χ3v) is 3.86. The smallest absolute Gasteiger partial charge is 0.220 e. The van der Waals surface area contributed by atoms with Crippen molar-refractivity contribution in [1.82, 2.24) is 24.1 Å². The van der Waals surface area contributed by atoms with Crippen molar-refractivity contribution in [2.24, 2.45) is 0 Å². The molecule has 0 aliphatic carbocycles. The molecule has 23 heavy (non-hydrogen) atoms. The lowest BCUT2D eigenvalue weighted by atomic mass is 9.95. The summed E-state index contributed by atoms with van der Waals surface area (Å²) >= 11 is 0. The summed E-state index contributed by atoms with van der Waals surface area (Å²) in [5.74, 6) is 0. The molecular formula is C16H22BN6+. The molecule has 0 N–H and O–H groups in total. The maximum absolute atomic E-state index is 4.42. The second-order valence-electron chi connectivity index (χ2n) is 5.38. The van der Waals surface area contributed by atoms with E-state index in [4.69, 9.17) is 0 Å². The summed E-state index contributed by atoms with van der Waals surface area (Å²) in [6, 6.07) is 6.22. The first kappa shape index (κ1) is 15.3. The van der Waals surface area contributed by atoms with E-state index in [9.17, 15) is 0 Å². The molecule has 7 heteroatoms. The summed E-state index contributed by atoms with van der Waals surface area (Å²) in [6.45, 7) is 4.36. The second-order valence-corrected chi connectivity index (χ2v) is 5.38. The minimum Gasteiger partial charge on any atom is -0.220 e. The normalized spacial score (nSPS) is 12.8. The van der Waals surface area contributed by atoms with Crippen LogP contribution in [0.4, 0.5) is 0 Å². The summed E-state index contributed by atoms with van der Waals surface area (Å²) in [4.78, 5) is 0. The Morgan fingerprint density at radius 1 is 1.04 bits per heavy atom. The van der Waals surface area contributed by atoms with Gasteiger partial charge in [0, 0.05) is 30.9 Å². The monoisotopic (exact) mass is 309 g/mol. The number of hydrogen-bond acceptors (Lipinski definition) is 2. The van der Waals surface area contributed by atoms with Crippen LogP contribution >= 0.6 is 0 Å². The maximum atomic E-state index is 4.42. The first-order valence-corrected chi connectivity index (χ1v) is 8.08. The molecule has 0 amide bonds. The standard InChI is InChI=1S/C16H22BN6/c1-3-5-9-16(4-2)20-12-8-15-23(20)17(21-13-6-10-18-21)22-14-7-11-19-22/h5-16H,3-4H2,1-2H3/q+1/t16-/m1/s1. The van der Waals surface area contributed by atoms with E-state index in [-0.39, 0.29) is 7.12 Å². The van der Waals surface area contributed by atoms with Crippen LogP contribution in [0.15, 0.2) is 67.5 Å². The Morgan fingerprint density at radius 2 is 1.74 bits per heavy atom. The average molecular weight is 309 g/mol. The van der Waals surface area contributed by atoms with Gasteiger partial charge in [0.05, 0.1) is 6.20 Å². The molecule has 3 aromatic rings. The molecule has 0 aliphatic heterocycles. The molecule has 0 saturated carbocycles. The third-order valence-electron chi connectivity index (χ3n) is 3.86. The molecule has 0 spiro atoms. The van der Waals surface area contributed by atoms with Crippen molar-refractivity contribution in [2.45, 2.75) is 32.7 Å². The van der Waals surface area contributed by atoms with E-state index < -0.39 is 0 Å². The van der Waals surface area contributed by atoms with Crippen molar-refractivity contribution < 1.29 is 4.59 Å². The summed E-state index contributed by atoms with van der Waals surface area (Å²) < 4.78 is 8.20. The van der Waals surface area contributed by atoms with E-state index in [2.05, 4.69) is 63.9 Å². The van der Waals surface area contributed by atoms with Gasteiger partial charge in [0.25, 0.3) is 0 Å². The first-order chi connectivity index (χ1) is 11.3. The summed E-state index contributed by atoms with van der Waals surface area (Å²) in [5.41, 5.74) is 0. The van der Waals surface area contributed by atoms with Gasteiger partial charge in [-0.2, -0.15) is 14.9 Å². The van der Waals surface area contributed by atoms with Crippen molar-refractivity contribution in [3.8, 4) is 0 Å².